The highest BCUT2D eigenvalue weighted by atomic mass is 35.5. The van der Waals surface area contributed by atoms with Crippen molar-refractivity contribution in [2.24, 2.45) is 0 Å². The number of likely N-dealkylation sites (N-methyl/N-ethyl adjacent to an activating group) is 1. The summed E-state index contributed by atoms with van der Waals surface area (Å²) in [7, 11) is 3.97. The standard InChI is InChI=1S/C12H18ClN3O2/c1-12(2,16(3)4)7-14-9-6-5-8(13)10(15-9)11(17)18/h5-6H,7H2,1-4H3,(H,14,15)(H,17,18). The van der Waals surface area contributed by atoms with Crippen molar-refractivity contribution in [2.75, 3.05) is 26.0 Å². The van der Waals surface area contributed by atoms with Gasteiger partial charge in [-0.1, -0.05) is 11.6 Å². The number of carbonyl (C=O) groups is 1. The van der Waals surface area contributed by atoms with E-state index in [1.54, 1.807) is 6.07 Å². The van der Waals surface area contributed by atoms with Gasteiger partial charge in [0.15, 0.2) is 5.69 Å². The number of pyridine rings is 1. The Kier molecular flexibility index (Phi) is 4.53. The van der Waals surface area contributed by atoms with Crippen LogP contribution in [0.2, 0.25) is 5.02 Å². The third kappa shape index (κ3) is 3.58. The lowest BCUT2D eigenvalue weighted by molar-refractivity contribution is 0.0691. The molecule has 0 aliphatic rings. The number of carboxylic acid groups (broad SMARTS) is 1. The van der Waals surface area contributed by atoms with Crippen LogP contribution < -0.4 is 5.32 Å². The van der Waals surface area contributed by atoms with Crippen molar-refractivity contribution >= 4 is 23.4 Å². The van der Waals surface area contributed by atoms with Crippen molar-refractivity contribution in [3.05, 3.63) is 22.8 Å². The lowest BCUT2D eigenvalue weighted by atomic mass is 10.0. The molecule has 0 saturated heterocycles. The number of halogens is 1. The fourth-order valence-corrected chi connectivity index (χ4v) is 1.34. The van der Waals surface area contributed by atoms with Gasteiger partial charge in [-0.3, -0.25) is 0 Å². The third-order valence-electron chi connectivity index (χ3n) is 2.96. The van der Waals surface area contributed by atoms with Crippen LogP contribution in [0, 0.1) is 0 Å². The van der Waals surface area contributed by atoms with Crippen LogP contribution in [0.4, 0.5) is 5.82 Å². The molecule has 5 nitrogen and oxygen atoms in total. The van der Waals surface area contributed by atoms with Crippen LogP contribution in [0.25, 0.3) is 0 Å². The van der Waals surface area contributed by atoms with E-state index in [2.05, 4.69) is 29.0 Å². The third-order valence-corrected chi connectivity index (χ3v) is 3.27. The Morgan fingerprint density at radius 1 is 1.50 bits per heavy atom. The highest BCUT2D eigenvalue weighted by Crippen LogP contribution is 2.18. The van der Waals surface area contributed by atoms with Crippen molar-refractivity contribution in [3.63, 3.8) is 0 Å². The molecular formula is C12H18ClN3O2. The van der Waals surface area contributed by atoms with E-state index in [0.717, 1.165) is 0 Å². The van der Waals surface area contributed by atoms with E-state index in [9.17, 15) is 4.79 Å². The topological polar surface area (TPSA) is 65.5 Å². The minimum absolute atomic E-state index is 0.0648. The number of nitrogens with one attached hydrogen (secondary N) is 1. The van der Waals surface area contributed by atoms with E-state index in [-0.39, 0.29) is 16.3 Å². The van der Waals surface area contributed by atoms with Crippen molar-refractivity contribution < 1.29 is 9.90 Å². The van der Waals surface area contributed by atoms with E-state index in [1.807, 2.05) is 14.1 Å². The van der Waals surface area contributed by atoms with Crippen molar-refractivity contribution in [1.82, 2.24) is 9.88 Å². The van der Waals surface area contributed by atoms with Gasteiger partial charge in [-0.15, -0.1) is 0 Å². The number of anilines is 1. The molecule has 100 valence electrons. The first kappa shape index (κ1) is 14.7. The minimum atomic E-state index is -1.13. The maximum Gasteiger partial charge on any atom is 0.356 e. The average molecular weight is 272 g/mol. The molecule has 1 rings (SSSR count). The van der Waals surface area contributed by atoms with Crippen molar-refractivity contribution in [2.45, 2.75) is 19.4 Å². The minimum Gasteiger partial charge on any atom is -0.476 e. The molecule has 0 aliphatic heterocycles. The van der Waals surface area contributed by atoms with Gasteiger partial charge in [0.05, 0.1) is 5.02 Å². The molecule has 0 radical (unpaired) electrons. The first-order chi connectivity index (χ1) is 8.24. The summed E-state index contributed by atoms with van der Waals surface area (Å²) in [4.78, 5) is 17.0. The quantitative estimate of drug-likeness (QED) is 0.859. The summed E-state index contributed by atoms with van der Waals surface area (Å²) >= 11 is 5.75. The van der Waals surface area contributed by atoms with Gasteiger partial charge in [0.2, 0.25) is 0 Å². The smallest absolute Gasteiger partial charge is 0.356 e. The zero-order valence-corrected chi connectivity index (χ0v) is 11.7. The van der Waals surface area contributed by atoms with Gasteiger partial charge in [-0.05, 0) is 40.1 Å². The molecule has 0 atom stereocenters. The fourth-order valence-electron chi connectivity index (χ4n) is 1.16. The zero-order valence-electron chi connectivity index (χ0n) is 11.0. The molecule has 0 fully saturated rings. The second-order valence-electron chi connectivity index (χ2n) is 4.89. The normalized spacial score (nSPS) is 11.7. The second kappa shape index (κ2) is 5.54. The fraction of sp³-hybridized carbons (Fsp3) is 0.500. The molecule has 0 amide bonds. The predicted molar refractivity (Wildman–Crippen MR) is 72.5 cm³/mol. The van der Waals surface area contributed by atoms with Crippen LogP contribution in [0.15, 0.2) is 12.1 Å². The van der Waals surface area contributed by atoms with Crippen LogP contribution in [-0.2, 0) is 0 Å². The SMILES string of the molecule is CN(C)C(C)(C)CNc1ccc(Cl)c(C(=O)O)n1. The van der Waals surface area contributed by atoms with Crippen LogP contribution in [0.1, 0.15) is 24.3 Å². The Morgan fingerprint density at radius 3 is 2.61 bits per heavy atom. The summed E-state index contributed by atoms with van der Waals surface area (Å²) in [5.41, 5.74) is -0.200. The highest BCUT2D eigenvalue weighted by Gasteiger charge is 2.20. The monoisotopic (exact) mass is 271 g/mol. The Bertz CT molecular complexity index is 447. The van der Waals surface area contributed by atoms with E-state index < -0.39 is 5.97 Å². The number of rotatable bonds is 5. The molecule has 1 aromatic heterocycles. The van der Waals surface area contributed by atoms with Gasteiger partial charge in [-0.2, -0.15) is 0 Å². The Balaban J connectivity index is 2.81. The molecule has 0 aromatic carbocycles. The maximum absolute atomic E-state index is 10.9. The van der Waals surface area contributed by atoms with Gasteiger partial charge in [0.25, 0.3) is 0 Å². The van der Waals surface area contributed by atoms with Crippen LogP contribution in [0.3, 0.4) is 0 Å². The van der Waals surface area contributed by atoms with Gasteiger partial charge in [0.1, 0.15) is 5.82 Å². The summed E-state index contributed by atoms with van der Waals surface area (Å²) in [6.45, 7) is 4.80. The average Bonchev–Trinajstić information content (AvgIpc) is 2.27. The predicted octanol–water partition coefficient (Wildman–Crippen LogP) is 2.19. The second-order valence-corrected chi connectivity index (χ2v) is 5.30. The summed E-state index contributed by atoms with van der Waals surface area (Å²) in [5, 5.41) is 12.2. The van der Waals surface area contributed by atoms with E-state index in [0.29, 0.717) is 12.4 Å². The van der Waals surface area contributed by atoms with E-state index >= 15 is 0 Å². The summed E-state index contributed by atoms with van der Waals surface area (Å²) < 4.78 is 0. The Morgan fingerprint density at radius 2 is 2.11 bits per heavy atom. The largest absolute Gasteiger partial charge is 0.476 e. The number of carboxylic acids is 1. The van der Waals surface area contributed by atoms with Crippen LogP contribution in [0.5, 0.6) is 0 Å². The Labute approximate surface area is 112 Å². The molecule has 0 spiro atoms. The number of aromatic nitrogens is 1. The molecule has 0 saturated carbocycles. The van der Waals surface area contributed by atoms with Gasteiger partial charge >= 0.3 is 5.97 Å². The van der Waals surface area contributed by atoms with Crippen molar-refractivity contribution in [1.29, 1.82) is 0 Å². The summed E-state index contributed by atoms with van der Waals surface area (Å²) in [6, 6.07) is 3.20. The number of aromatic carboxylic acids is 1. The van der Waals surface area contributed by atoms with Crippen molar-refractivity contribution in [3.8, 4) is 0 Å². The van der Waals surface area contributed by atoms with Gasteiger partial charge in [0, 0.05) is 12.1 Å². The maximum atomic E-state index is 10.9. The molecule has 0 unspecified atom stereocenters. The van der Waals surface area contributed by atoms with Gasteiger partial charge in [-0.25, -0.2) is 9.78 Å². The number of hydrogen-bond acceptors (Lipinski definition) is 4. The molecule has 18 heavy (non-hydrogen) atoms. The summed E-state index contributed by atoms with van der Waals surface area (Å²) in [5.74, 6) is -0.623. The molecule has 1 heterocycles. The Hall–Kier alpha value is -1.33. The first-order valence-electron chi connectivity index (χ1n) is 5.55. The van der Waals surface area contributed by atoms with Crippen LogP contribution in [-0.4, -0.2) is 47.1 Å². The highest BCUT2D eigenvalue weighted by molar-refractivity contribution is 6.33. The van der Waals surface area contributed by atoms with E-state index in [1.165, 1.54) is 6.07 Å². The first-order valence-corrected chi connectivity index (χ1v) is 5.93. The number of hydrogen-bond donors (Lipinski definition) is 2. The zero-order chi connectivity index (χ0) is 13.9. The lowest BCUT2D eigenvalue weighted by Gasteiger charge is -2.32. The molecule has 1 aromatic rings. The number of nitrogens with zero attached hydrogens (tertiary/aromatic N) is 2. The lowest BCUT2D eigenvalue weighted by Crippen LogP contribution is -2.44. The molecule has 2 N–H and O–H groups in total. The molecular weight excluding hydrogens is 254 g/mol. The molecule has 6 heteroatoms. The molecule has 0 bridgehead atoms. The summed E-state index contributed by atoms with van der Waals surface area (Å²) in [6.07, 6.45) is 0. The van der Waals surface area contributed by atoms with Gasteiger partial charge < -0.3 is 15.3 Å². The van der Waals surface area contributed by atoms with Crippen LogP contribution >= 0.6 is 11.6 Å². The molecule has 0 aliphatic carbocycles. The van der Waals surface area contributed by atoms with E-state index in [4.69, 9.17) is 16.7 Å².